The van der Waals surface area contributed by atoms with E-state index in [1.54, 1.807) is 0 Å². The van der Waals surface area contributed by atoms with Gasteiger partial charge in [0, 0.05) is 5.54 Å². The summed E-state index contributed by atoms with van der Waals surface area (Å²) in [6.45, 7) is 7.55. The van der Waals surface area contributed by atoms with Gasteiger partial charge in [-0.25, -0.2) is 0 Å². The molecule has 0 aromatic heterocycles. The van der Waals surface area contributed by atoms with Gasteiger partial charge in [0.15, 0.2) is 0 Å². The number of rotatable bonds is 3. The zero-order valence-electron chi connectivity index (χ0n) is 5.97. The first-order valence-corrected chi connectivity index (χ1v) is 2.75. The maximum Gasteiger partial charge on any atom is 0.294 e. The van der Waals surface area contributed by atoms with E-state index in [1.807, 2.05) is 20.8 Å². The molecule has 1 radical (unpaired) electrons. The van der Waals surface area contributed by atoms with Crippen LogP contribution in [0.25, 0.3) is 0 Å². The van der Waals surface area contributed by atoms with Crippen molar-refractivity contribution >= 4 is 6.47 Å². The lowest BCUT2D eigenvalue weighted by atomic mass is 10.1. The van der Waals surface area contributed by atoms with Gasteiger partial charge in [0.25, 0.3) is 6.47 Å². The van der Waals surface area contributed by atoms with Crippen LogP contribution in [0.4, 0.5) is 0 Å². The molecule has 0 aromatic carbocycles. The highest BCUT2D eigenvalue weighted by Gasteiger charge is 2.07. The number of hydrogen-bond acceptors (Lipinski definition) is 3. The van der Waals surface area contributed by atoms with E-state index in [0.717, 1.165) is 0 Å². The fraction of sp³-hybridized carbons (Fsp3) is 0.667. The van der Waals surface area contributed by atoms with E-state index in [9.17, 15) is 4.79 Å². The van der Waals surface area contributed by atoms with Crippen LogP contribution in [0.2, 0.25) is 0 Å². The summed E-state index contributed by atoms with van der Waals surface area (Å²) >= 11 is 0. The molecule has 3 nitrogen and oxygen atoms in total. The van der Waals surface area contributed by atoms with Crippen molar-refractivity contribution in [2.24, 2.45) is 0 Å². The molecule has 3 heteroatoms. The molecule has 0 bridgehead atoms. The zero-order valence-corrected chi connectivity index (χ0v) is 5.97. The SMILES string of the molecule is CC(C)(C)N[CH]OC=O. The van der Waals surface area contributed by atoms with Crippen LogP contribution in [0.5, 0.6) is 0 Å². The molecule has 0 spiro atoms. The Kier molecular flexibility index (Phi) is 3.24. The van der Waals surface area contributed by atoms with E-state index in [1.165, 1.54) is 6.73 Å². The molecule has 1 N–H and O–H groups in total. The first-order chi connectivity index (χ1) is 4.06. The largest absolute Gasteiger partial charge is 0.443 e. The Morgan fingerprint density at radius 3 is 2.33 bits per heavy atom. The van der Waals surface area contributed by atoms with Crippen LogP contribution in [0.3, 0.4) is 0 Å². The Labute approximate surface area is 55.4 Å². The van der Waals surface area contributed by atoms with E-state index in [-0.39, 0.29) is 5.54 Å². The summed E-state index contributed by atoms with van der Waals surface area (Å²) in [7, 11) is 0. The number of ether oxygens (including phenoxy) is 1. The van der Waals surface area contributed by atoms with Gasteiger partial charge in [0.1, 0.15) is 0 Å². The Morgan fingerprint density at radius 1 is 1.44 bits per heavy atom. The van der Waals surface area contributed by atoms with Gasteiger partial charge < -0.3 is 4.74 Å². The Bertz CT molecular complexity index is 85.5. The van der Waals surface area contributed by atoms with Crippen LogP contribution >= 0.6 is 0 Å². The highest BCUT2D eigenvalue weighted by molar-refractivity contribution is 5.37. The summed E-state index contributed by atoms with van der Waals surface area (Å²) in [6, 6.07) is 0. The fourth-order valence-corrected chi connectivity index (χ4v) is 0.239. The standard InChI is InChI=1S/C6H12NO2/c1-6(2,3)7-4-9-5-8/h4-5,7H,1-3H3. The second kappa shape index (κ2) is 3.45. The lowest BCUT2D eigenvalue weighted by Gasteiger charge is -2.18. The first kappa shape index (κ1) is 8.43. The molecule has 0 heterocycles. The van der Waals surface area contributed by atoms with Gasteiger partial charge >= 0.3 is 0 Å². The molecular weight excluding hydrogens is 118 g/mol. The van der Waals surface area contributed by atoms with Gasteiger partial charge in [0.2, 0.25) is 6.73 Å². The molecule has 0 unspecified atom stereocenters. The molecule has 0 aliphatic carbocycles. The van der Waals surface area contributed by atoms with Crippen LogP contribution < -0.4 is 5.32 Å². The predicted molar refractivity (Wildman–Crippen MR) is 34.3 cm³/mol. The van der Waals surface area contributed by atoms with E-state index in [0.29, 0.717) is 6.47 Å². The van der Waals surface area contributed by atoms with Crippen molar-refractivity contribution in [1.82, 2.24) is 5.32 Å². The lowest BCUT2D eigenvalue weighted by molar-refractivity contribution is -0.126. The molecule has 0 fully saturated rings. The van der Waals surface area contributed by atoms with Crippen molar-refractivity contribution in [3.63, 3.8) is 0 Å². The minimum atomic E-state index is -0.0387. The van der Waals surface area contributed by atoms with Crippen LogP contribution in [0, 0.1) is 6.73 Å². The Hall–Kier alpha value is -0.570. The molecular formula is C6H12NO2. The highest BCUT2D eigenvalue weighted by atomic mass is 16.5. The van der Waals surface area contributed by atoms with Gasteiger partial charge in [-0.1, -0.05) is 0 Å². The number of nitrogens with one attached hydrogen (secondary N) is 1. The fourth-order valence-electron chi connectivity index (χ4n) is 0.239. The number of carbonyl (C=O) groups excluding carboxylic acids is 1. The van der Waals surface area contributed by atoms with Crippen molar-refractivity contribution in [3.8, 4) is 0 Å². The van der Waals surface area contributed by atoms with Gasteiger partial charge in [-0.2, -0.15) is 0 Å². The van der Waals surface area contributed by atoms with Crippen molar-refractivity contribution in [2.45, 2.75) is 26.3 Å². The molecule has 0 aromatic rings. The maximum atomic E-state index is 9.60. The highest BCUT2D eigenvalue weighted by Crippen LogP contribution is 1.97. The minimum Gasteiger partial charge on any atom is -0.443 e. The third kappa shape index (κ3) is 7.43. The monoisotopic (exact) mass is 130 g/mol. The number of carbonyl (C=O) groups is 1. The maximum absolute atomic E-state index is 9.60. The smallest absolute Gasteiger partial charge is 0.294 e. The minimum absolute atomic E-state index is 0.0387. The molecule has 0 rings (SSSR count). The van der Waals surface area contributed by atoms with Gasteiger partial charge in [-0.3, -0.25) is 10.1 Å². The van der Waals surface area contributed by atoms with E-state index < -0.39 is 0 Å². The zero-order chi connectivity index (χ0) is 7.33. The van der Waals surface area contributed by atoms with Crippen molar-refractivity contribution in [1.29, 1.82) is 0 Å². The normalized spacial score (nSPS) is 11.0. The topological polar surface area (TPSA) is 38.3 Å². The molecule has 0 atom stereocenters. The first-order valence-electron chi connectivity index (χ1n) is 2.75. The van der Waals surface area contributed by atoms with E-state index in [2.05, 4.69) is 10.1 Å². The third-order valence-electron chi connectivity index (χ3n) is 0.616. The van der Waals surface area contributed by atoms with Gasteiger partial charge in [0.05, 0.1) is 0 Å². The van der Waals surface area contributed by atoms with Crippen LogP contribution in [0.15, 0.2) is 0 Å². The van der Waals surface area contributed by atoms with Crippen LogP contribution in [-0.2, 0) is 9.53 Å². The summed E-state index contributed by atoms with van der Waals surface area (Å²) in [5.41, 5.74) is -0.0387. The molecule has 0 aliphatic heterocycles. The van der Waals surface area contributed by atoms with E-state index in [4.69, 9.17) is 0 Å². The summed E-state index contributed by atoms with van der Waals surface area (Å²) in [6.07, 6.45) is 0. The molecule has 0 aliphatic rings. The average molecular weight is 130 g/mol. The molecule has 53 valence electrons. The average Bonchev–Trinajstić information content (AvgIpc) is 1.63. The van der Waals surface area contributed by atoms with Crippen LogP contribution in [0.1, 0.15) is 20.8 Å². The van der Waals surface area contributed by atoms with Crippen molar-refractivity contribution in [3.05, 3.63) is 6.73 Å². The summed E-state index contributed by atoms with van der Waals surface area (Å²) in [5, 5.41) is 2.84. The molecule has 9 heavy (non-hydrogen) atoms. The quantitative estimate of drug-likeness (QED) is 0.450. The Morgan fingerprint density at radius 2 is 2.00 bits per heavy atom. The summed E-state index contributed by atoms with van der Waals surface area (Å²) < 4.78 is 4.29. The van der Waals surface area contributed by atoms with Crippen molar-refractivity contribution < 1.29 is 9.53 Å². The lowest BCUT2D eigenvalue weighted by Crippen LogP contribution is -2.34. The predicted octanol–water partition coefficient (Wildman–Crippen LogP) is 0.667. The number of hydrogen-bond donors (Lipinski definition) is 1. The summed E-state index contributed by atoms with van der Waals surface area (Å²) in [4.78, 5) is 9.60. The molecule has 0 amide bonds. The molecule has 0 saturated carbocycles. The van der Waals surface area contributed by atoms with Crippen molar-refractivity contribution in [2.75, 3.05) is 0 Å². The second-order valence-electron chi connectivity index (χ2n) is 2.74. The van der Waals surface area contributed by atoms with E-state index >= 15 is 0 Å². The van der Waals surface area contributed by atoms with Crippen LogP contribution in [-0.4, -0.2) is 12.0 Å². The third-order valence-corrected chi connectivity index (χ3v) is 0.616. The van der Waals surface area contributed by atoms with Gasteiger partial charge in [-0.15, -0.1) is 0 Å². The summed E-state index contributed by atoms with van der Waals surface area (Å²) in [5.74, 6) is 0. The second-order valence-corrected chi connectivity index (χ2v) is 2.74. The molecule has 0 saturated heterocycles. The Balaban J connectivity index is 3.17. The van der Waals surface area contributed by atoms with Gasteiger partial charge in [-0.05, 0) is 20.8 Å².